The molecule has 0 unspecified atom stereocenters. The number of hydrogen-bond acceptors (Lipinski definition) is 4. The van der Waals surface area contributed by atoms with Crippen molar-refractivity contribution in [3.8, 4) is 11.3 Å². The Morgan fingerprint density at radius 1 is 1.00 bits per heavy atom. The molecule has 1 N–H and O–H groups in total. The van der Waals surface area contributed by atoms with Gasteiger partial charge in [-0.15, -0.1) is 4.91 Å². The summed E-state index contributed by atoms with van der Waals surface area (Å²) in [6.45, 7) is 0. The van der Waals surface area contributed by atoms with Crippen LogP contribution in [0.25, 0.3) is 22.2 Å². The molecule has 0 fully saturated rings. The van der Waals surface area contributed by atoms with Gasteiger partial charge >= 0.3 is 0 Å². The monoisotopic (exact) mass is 278 g/mol. The van der Waals surface area contributed by atoms with Crippen molar-refractivity contribution in [3.05, 3.63) is 69.2 Å². The van der Waals surface area contributed by atoms with E-state index in [1.54, 1.807) is 30.3 Å². The standard InChI is InChI=1S/C16H10N2O3/c19-9-13-15(10-5-7-11(18-21)8-6-10)17-14-4-2-1-3-12(14)16(13)20/h1-9H,(H,17,20). The lowest BCUT2D eigenvalue weighted by Gasteiger charge is -2.08. The molecule has 3 rings (SSSR count). The number of fused-ring (bicyclic) bond motifs is 1. The first-order valence-corrected chi connectivity index (χ1v) is 6.28. The zero-order valence-electron chi connectivity index (χ0n) is 10.9. The van der Waals surface area contributed by atoms with Gasteiger partial charge in [0.15, 0.2) is 6.29 Å². The number of nitroso groups, excluding NO2 is 1. The number of benzene rings is 2. The first-order valence-electron chi connectivity index (χ1n) is 6.28. The summed E-state index contributed by atoms with van der Waals surface area (Å²) in [6.07, 6.45) is 0.548. The van der Waals surface area contributed by atoms with Gasteiger partial charge in [-0.2, -0.15) is 0 Å². The van der Waals surface area contributed by atoms with Crippen molar-refractivity contribution < 1.29 is 4.79 Å². The van der Waals surface area contributed by atoms with Crippen LogP contribution in [0, 0.1) is 4.91 Å². The number of nitrogens with one attached hydrogen (secondary N) is 1. The number of para-hydroxylation sites is 1. The van der Waals surface area contributed by atoms with Crippen LogP contribution < -0.4 is 5.43 Å². The SMILES string of the molecule is O=Cc1c(-c2ccc(N=O)cc2)[nH]c2ccccc2c1=O. The van der Waals surface area contributed by atoms with Crippen LogP contribution in [0.1, 0.15) is 10.4 Å². The Bertz CT molecular complexity index is 896. The van der Waals surface area contributed by atoms with Crippen molar-refractivity contribution in [2.45, 2.75) is 0 Å². The molecule has 0 aliphatic carbocycles. The minimum absolute atomic E-state index is 0.0699. The van der Waals surface area contributed by atoms with Gasteiger partial charge in [0.2, 0.25) is 5.43 Å². The van der Waals surface area contributed by atoms with Gasteiger partial charge < -0.3 is 4.98 Å². The zero-order chi connectivity index (χ0) is 14.8. The lowest BCUT2D eigenvalue weighted by atomic mass is 10.0. The molecule has 0 radical (unpaired) electrons. The van der Waals surface area contributed by atoms with Gasteiger partial charge in [-0.05, 0) is 35.0 Å². The third kappa shape index (κ3) is 2.14. The number of hydrogen-bond donors (Lipinski definition) is 1. The van der Waals surface area contributed by atoms with Crippen molar-refractivity contribution >= 4 is 22.9 Å². The maximum atomic E-state index is 12.4. The summed E-state index contributed by atoms with van der Waals surface area (Å²) in [5.74, 6) is 0. The van der Waals surface area contributed by atoms with E-state index in [0.29, 0.717) is 28.4 Å². The molecule has 0 spiro atoms. The molecule has 0 aliphatic rings. The van der Waals surface area contributed by atoms with Crippen molar-refractivity contribution in [2.75, 3.05) is 0 Å². The lowest BCUT2D eigenvalue weighted by Crippen LogP contribution is -2.12. The van der Waals surface area contributed by atoms with E-state index in [-0.39, 0.29) is 16.7 Å². The largest absolute Gasteiger partial charge is 0.354 e. The van der Waals surface area contributed by atoms with Crippen molar-refractivity contribution in [3.63, 3.8) is 0 Å². The number of H-pyrrole nitrogens is 1. The van der Waals surface area contributed by atoms with E-state index in [1.165, 1.54) is 12.1 Å². The first kappa shape index (κ1) is 12.9. The molecule has 3 aromatic rings. The fourth-order valence-corrected chi connectivity index (χ4v) is 2.28. The highest BCUT2D eigenvalue weighted by molar-refractivity contribution is 5.93. The number of pyridine rings is 1. The number of nitrogens with zero attached hydrogens (tertiary/aromatic N) is 1. The summed E-state index contributed by atoms with van der Waals surface area (Å²) in [4.78, 5) is 37.2. The molecular formula is C16H10N2O3. The highest BCUT2D eigenvalue weighted by Crippen LogP contribution is 2.24. The zero-order valence-corrected chi connectivity index (χ0v) is 10.9. The van der Waals surface area contributed by atoms with Gasteiger partial charge in [-0.1, -0.05) is 24.3 Å². The van der Waals surface area contributed by atoms with E-state index >= 15 is 0 Å². The second-order valence-electron chi connectivity index (χ2n) is 4.54. The quantitative estimate of drug-likeness (QED) is 0.589. The van der Waals surface area contributed by atoms with Crippen LogP contribution in [0.2, 0.25) is 0 Å². The molecule has 5 heteroatoms. The summed E-state index contributed by atoms with van der Waals surface area (Å²) in [5.41, 5.74) is 1.78. The van der Waals surface area contributed by atoms with Crippen LogP contribution in [-0.4, -0.2) is 11.3 Å². The van der Waals surface area contributed by atoms with Crippen LogP contribution in [0.5, 0.6) is 0 Å². The van der Waals surface area contributed by atoms with Crippen molar-refractivity contribution in [2.24, 2.45) is 5.18 Å². The van der Waals surface area contributed by atoms with Gasteiger partial charge in [-0.25, -0.2) is 0 Å². The van der Waals surface area contributed by atoms with Gasteiger partial charge in [-0.3, -0.25) is 9.59 Å². The predicted octanol–water partition coefficient (Wildman–Crippen LogP) is 3.41. The molecule has 0 saturated heterocycles. The minimum Gasteiger partial charge on any atom is -0.354 e. The Kier molecular flexibility index (Phi) is 3.16. The maximum absolute atomic E-state index is 12.4. The predicted molar refractivity (Wildman–Crippen MR) is 80.8 cm³/mol. The minimum atomic E-state index is -0.313. The molecule has 0 bridgehead atoms. The lowest BCUT2D eigenvalue weighted by molar-refractivity contribution is 0.112. The number of aromatic amines is 1. The molecule has 0 saturated carbocycles. The van der Waals surface area contributed by atoms with E-state index in [2.05, 4.69) is 10.2 Å². The third-order valence-electron chi connectivity index (χ3n) is 3.32. The topological polar surface area (TPSA) is 79.4 Å². The highest BCUT2D eigenvalue weighted by Gasteiger charge is 2.12. The average Bonchev–Trinajstić information content (AvgIpc) is 2.55. The summed E-state index contributed by atoms with van der Waals surface area (Å²) < 4.78 is 0. The van der Waals surface area contributed by atoms with Crippen LogP contribution in [0.4, 0.5) is 5.69 Å². The molecule has 0 atom stereocenters. The van der Waals surface area contributed by atoms with Crippen molar-refractivity contribution in [1.82, 2.24) is 4.98 Å². The van der Waals surface area contributed by atoms with E-state index in [0.717, 1.165) is 0 Å². The Labute approximate surface area is 119 Å². The summed E-state index contributed by atoms with van der Waals surface area (Å²) in [5, 5.41) is 3.29. The molecule has 1 heterocycles. The third-order valence-corrected chi connectivity index (χ3v) is 3.32. The van der Waals surface area contributed by atoms with Gasteiger partial charge in [0, 0.05) is 10.9 Å². The number of aldehydes is 1. The van der Waals surface area contributed by atoms with E-state index in [1.807, 2.05) is 6.07 Å². The fourth-order valence-electron chi connectivity index (χ4n) is 2.28. The van der Waals surface area contributed by atoms with Crippen LogP contribution in [-0.2, 0) is 0 Å². The number of carbonyl (C=O) groups excluding carboxylic acids is 1. The molecule has 5 nitrogen and oxygen atoms in total. The summed E-state index contributed by atoms with van der Waals surface area (Å²) >= 11 is 0. The Balaban J connectivity index is 2.32. The summed E-state index contributed by atoms with van der Waals surface area (Å²) in [7, 11) is 0. The van der Waals surface area contributed by atoms with Gasteiger partial charge in [0.25, 0.3) is 0 Å². The second-order valence-corrected chi connectivity index (χ2v) is 4.54. The molecule has 2 aromatic carbocycles. The summed E-state index contributed by atoms with van der Waals surface area (Å²) in [6, 6.07) is 13.3. The smallest absolute Gasteiger partial charge is 0.200 e. The van der Waals surface area contributed by atoms with E-state index in [9.17, 15) is 14.5 Å². The molecule has 0 amide bonds. The second kappa shape index (κ2) is 5.13. The molecule has 21 heavy (non-hydrogen) atoms. The Hall–Kier alpha value is -3.08. The van der Waals surface area contributed by atoms with Gasteiger partial charge in [0.1, 0.15) is 5.69 Å². The van der Waals surface area contributed by atoms with Crippen molar-refractivity contribution in [1.29, 1.82) is 0 Å². The van der Waals surface area contributed by atoms with Crippen LogP contribution in [0.3, 0.4) is 0 Å². The molecule has 0 aliphatic heterocycles. The van der Waals surface area contributed by atoms with Crippen LogP contribution in [0.15, 0.2) is 58.5 Å². The Morgan fingerprint density at radius 3 is 2.38 bits per heavy atom. The first-order chi connectivity index (χ1) is 10.2. The van der Waals surface area contributed by atoms with E-state index < -0.39 is 0 Å². The number of aromatic nitrogens is 1. The highest BCUT2D eigenvalue weighted by atomic mass is 16.3. The van der Waals surface area contributed by atoms with Crippen LogP contribution >= 0.6 is 0 Å². The molecule has 102 valence electrons. The Morgan fingerprint density at radius 2 is 1.71 bits per heavy atom. The fraction of sp³-hybridized carbons (Fsp3) is 0. The number of rotatable bonds is 3. The van der Waals surface area contributed by atoms with Gasteiger partial charge in [0.05, 0.1) is 11.3 Å². The average molecular weight is 278 g/mol. The normalized spacial score (nSPS) is 10.5. The molecular weight excluding hydrogens is 268 g/mol. The molecule has 1 aromatic heterocycles. The van der Waals surface area contributed by atoms with E-state index in [4.69, 9.17) is 0 Å². The maximum Gasteiger partial charge on any atom is 0.200 e. The number of carbonyl (C=O) groups is 1.